The molecule has 0 aliphatic carbocycles. The maximum atomic E-state index is 13.1. The molecule has 2 N–H and O–H groups in total. The molecule has 0 spiro atoms. The zero-order valence-corrected chi connectivity index (χ0v) is 16.5. The molecule has 3 rings (SSSR count). The van der Waals surface area contributed by atoms with Crippen LogP contribution < -0.4 is 4.31 Å². The van der Waals surface area contributed by atoms with E-state index < -0.39 is 24.9 Å². The van der Waals surface area contributed by atoms with Crippen molar-refractivity contribution in [1.82, 2.24) is 0 Å². The first-order valence-corrected chi connectivity index (χ1v) is 11.1. The number of fused-ring (bicyclic) bond motifs is 1. The Bertz CT molecular complexity index is 1010. The van der Waals surface area contributed by atoms with E-state index in [0.717, 1.165) is 10.8 Å². The quantitative estimate of drug-likeness (QED) is 0.570. The molecule has 136 valence electrons. The zero-order chi connectivity index (χ0) is 18.9. The molecule has 5 nitrogen and oxygen atoms in total. The molecule has 0 aromatic heterocycles. The van der Waals surface area contributed by atoms with Crippen LogP contribution in [0.1, 0.15) is 0 Å². The molecule has 0 aliphatic heterocycles. The summed E-state index contributed by atoms with van der Waals surface area (Å²) < 4.78 is 26.0. The third kappa shape index (κ3) is 4.46. The fraction of sp³-hybridized carbons (Fsp3) is 0.0588. The van der Waals surface area contributed by atoms with Crippen molar-refractivity contribution >= 4 is 58.2 Å². The molecular weight excluding hydrogens is 416 g/mol. The van der Waals surface area contributed by atoms with E-state index in [2.05, 4.69) is 0 Å². The van der Waals surface area contributed by atoms with Gasteiger partial charge in [-0.2, -0.15) is 0 Å². The Hall–Kier alpha value is -1.40. The number of rotatable bonds is 5. The lowest BCUT2D eigenvalue weighted by Crippen LogP contribution is -2.27. The van der Waals surface area contributed by atoms with Crippen LogP contribution in [-0.4, -0.2) is 20.3 Å². The molecule has 0 aliphatic rings. The van der Waals surface area contributed by atoms with Crippen LogP contribution in [0.5, 0.6) is 0 Å². The van der Waals surface area contributed by atoms with Gasteiger partial charge in [-0.15, -0.1) is 0 Å². The molecule has 0 fully saturated rings. The molecule has 0 bridgehead atoms. The topological polar surface area (TPSA) is 77.8 Å². The fourth-order valence-electron chi connectivity index (χ4n) is 2.57. The Morgan fingerprint density at radius 2 is 1.58 bits per heavy atom. The second-order valence-corrected chi connectivity index (χ2v) is 9.43. The summed E-state index contributed by atoms with van der Waals surface area (Å²) in [4.78, 5) is 19.3. The molecule has 0 heterocycles. The fourth-order valence-corrected chi connectivity index (χ4v) is 5.63. The highest BCUT2D eigenvalue weighted by Gasteiger charge is 2.26. The van der Waals surface area contributed by atoms with Crippen molar-refractivity contribution < 1.29 is 18.6 Å². The highest BCUT2D eigenvalue weighted by Crippen LogP contribution is 2.40. The summed E-state index contributed by atoms with van der Waals surface area (Å²) in [5, 5.41) is 2.16. The molecule has 1 atom stereocenters. The highest BCUT2D eigenvalue weighted by molar-refractivity contribution is 7.87. The van der Waals surface area contributed by atoms with Gasteiger partial charge in [0.15, 0.2) is 11.0 Å². The average Bonchev–Trinajstić information content (AvgIpc) is 2.57. The van der Waals surface area contributed by atoms with Crippen molar-refractivity contribution in [3.63, 3.8) is 0 Å². The summed E-state index contributed by atoms with van der Waals surface area (Å²) in [7, 11) is -6.42. The van der Waals surface area contributed by atoms with E-state index in [9.17, 15) is 18.6 Å². The highest BCUT2D eigenvalue weighted by atomic mass is 35.5. The second kappa shape index (κ2) is 7.69. The van der Waals surface area contributed by atoms with Crippen LogP contribution in [0.15, 0.2) is 65.6 Å². The van der Waals surface area contributed by atoms with E-state index in [1.54, 1.807) is 24.3 Å². The van der Waals surface area contributed by atoms with Gasteiger partial charge in [0.1, 0.15) is 6.29 Å². The number of hydrogen-bond acceptors (Lipinski definition) is 2. The van der Waals surface area contributed by atoms with Crippen molar-refractivity contribution in [2.75, 3.05) is 10.6 Å². The van der Waals surface area contributed by atoms with Crippen LogP contribution in [0.3, 0.4) is 0 Å². The van der Waals surface area contributed by atoms with Crippen molar-refractivity contribution in [1.29, 1.82) is 0 Å². The Morgan fingerprint density at radius 3 is 2.23 bits per heavy atom. The van der Waals surface area contributed by atoms with E-state index in [1.165, 1.54) is 22.5 Å². The van der Waals surface area contributed by atoms with Crippen molar-refractivity contribution in [2.45, 2.75) is 4.90 Å². The van der Waals surface area contributed by atoms with Gasteiger partial charge in [0.2, 0.25) is 0 Å². The molecule has 0 radical (unpaired) electrons. The molecule has 9 heteroatoms. The summed E-state index contributed by atoms with van der Waals surface area (Å²) in [6, 6.07) is 17.0. The van der Waals surface area contributed by atoms with Gasteiger partial charge in [-0.05, 0) is 29.7 Å². The Kier molecular flexibility index (Phi) is 5.72. The monoisotopic (exact) mass is 429 g/mol. The lowest BCUT2D eigenvalue weighted by atomic mass is 10.1. The normalized spacial score (nSPS) is 12.9. The van der Waals surface area contributed by atoms with Crippen LogP contribution >= 0.6 is 30.8 Å². The molecular formula is C17H14Cl2NO4PS. The molecule has 1 unspecified atom stereocenters. The minimum atomic E-state index is -4.50. The summed E-state index contributed by atoms with van der Waals surface area (Å²) in [6.07, 6.45) is -0.711. The van der Waals surface area contributed by atoms with Crippen LogP contribution in [-0.2, 0) is 15.6 Å². The summed E-state index contributed by atoms with van der Waals surface area (Å²) in [6.45, 7) is 0. The van der Waals surface area contributed by atoms with Crippen molar-refractivity contribution in [3.05, 3.63) is 70.7 Å². The van der Waals surface area contributed by atoms with Gasteiger partial charge in [0.05, 0.1) is 10.6 Å². The van der Waals surface area contributed by atoms with Crippen molar-refractivity contribution in [2.24, 2.45) is 0 Å². The maximum absolute atomic E-state index is 13.1. The standard InChI is InChI=1S/C17H14Cl2NO4PS/c18-13-8-14(19)10-15(9-13)26(24)20(11-25(21,22)23)17-7-3-5-12-4-1-2-6-16(12)17/h1-10H,11H2,(H2,21,22,23). The molecule has 3 aromatic carbocycles. The zero-order valence-electron chi connectivity index (χ0n) is 13.3. The molecule has 0 saturated heterocycles. The van der Waals surface area contributed by atoms with Gasteiger partial charge < -0.3 is 9.79 Å². The molecule has 0 saturated carbocycles. The maximum Gasteiger partial charge on any atom is 0.345 e. The first-order chi connectivity index (χ1) is 12.2. The Balaban J connectivity index is 2.16. The average molecular weight is 430 g/mol. The minimum absolute atomic E-state index is 0.254. The number of benzene rings is 3. The number of anilines is 1. The van der Waals surface area contributed by atoms with E-state index in [-0.39, 0.29) is 14.9 Å². The van der Waals surface area contributed by atoms with Crippen LogP contribution in [0, 0.1) is 0 Å². The Labute approximate surface area is 162 Å². The first kappa shape index (κ1) is 19.4. The minimum Gasteiger partial charge on any atom is -0.323 e. The summed E-state index contributed by atoms with van der Waals surface area (Å²) in [5.41, 5.74) is 0.445. The molecule has 26 heavy (non-hydrogen) atoms. The Morgan fingerprint density at radius 1 is 0.962 bits per heavy atom. The van der Waals surface area contributed by atoms with Crippen LogP contribution in [0.25, 0.3) is 10.8 Å². The number of hydrogen-bond donors (Lipinski definition) is 2. The molecule has 3 aromatic rings. The van der Waals surface area contributed by atoms with Crippen LogP contribution in [0.2, 0.25) is 10.0 Å². The van der Waals surface area contributed by atoms with Gasteiger partial charge >= 0.3 is 7.60 Å². The lowest BCUT2D eigenvalue weighted by molar-refractivity contribution is 0.374. The van der Waals surface area contributed by atoms with Gasteiger partial charge in [0.25, 0.3) is 0 Å². The third-order valence-corrected chi connectivity index (χ3v) is 6.23. The molecule has 0 amide bonds. The van der Waals surface area contributed by atoms with E-state index in [4.69, 9.17) is 23.2 Å². The van der Waals surface area contributed by atoms with Crippen molar-refractivity contribution in [3.8, 4) is 0 Å². The predicted molar refractivity (Wildman–Crippen MR) is 106 cm³/mol. The number of nitrogens with zero attached hydrogens (tertiary/aromatic N) is 1. The summed E-state index contributed by atoms with van der Waals surface area (Å²) >= 11 is 12.0. The largest absolute Gasteiger partial charge is 0.345 e. The summed E-state index contributed by atoms with van der Waals surface area (Å²) in [5.74, 6) is 0. The SMILES string of the molecule is O=S(c1cc(Cl)cc(Cl)c1)N(CP(=O)(O)O)c1cccc2ccccc12. The van der Waals surface area contributed by atoms with E-state index in [1.807, 2.05) is 18.2 Å². The lowest BCUT2D eigenvalue weighted by Gasteiger charge is -2.25. The second-order valence-electron chi connectivity index (χ2n) is 5.54. The van der Waals surface area contributed by atoms with Crippen LogP contribution in [0.4, 0.5) is 5.69 Å². The van der Waals surface area contributed by atoms with E-state index >= 15 is 0 Å². The van der Waals surface area contributed by atoms with Gasteiger partial charge in [-0.1, -0.05) is 59.6 Å². The van der Waals surface area contributed by atoms with E-state index in [0.29, 0.717) is 5.69 Å². The number of halogens is 2. The van der Waals surface area contributed by atoms with Gasteiger partial charge in [-0.3, -0.25) is 8.87 Å². The smallest absolute Gasteiger partial charge is 0.323 e. The van der Waals surface area contributed by atoms with Gasteiger partial charge in [0, 0.05) is 15.4 Å². The first-order valence-electron chi connectivity index (χ1n) is 7.42. The predicted octanol–water partition coefficient (Wildman–Crippen LogP) is 4.81. The third-order valence-electron chi connectivity index (χ3n) is 3.59. The van der Waals surface area contributed by atoms with Gasteiger partial charge in [-0.25, -0.2) is 4.21 Å².